The van der Waals surface area contributed by atoms with Gasteiger partial charge in [-0.15, -0.1) is 0 Å². The summed E-state index contributed by atoms with van der Waals surface area (Å²) in [5, 5.41) is 5.68. The molecule has 0 aromatic carbocycles. The quantitative estimate of drug-likeness (QED) is 0.806. The van der Waals surface area contributed by atoms with Gasteiger partial charge < -0.3 is 5.32 Å². The molecule has 0 unspecified atom stereocenters. The molecule has 5 nitrogen and oxygen atoms in total. The minimum atomic E-state index is -3.02. The predicted molar refractivity (Wildman–Crippen MR) is 72.7 cm³/mol. The Kier molecular flexibility index (Phi) is 5.11. The molecular weight excluding hydrogens is 372 g/mol. The number of halogens is 5. The standard InChI is InChI=1S/C12H9BrF4N4O/c13-6-1-2-9(18-4-6)19-10(22)5-21-8(12(16)17)3-7(20-21)11(14)15/h1-4,11-12H,5H2,(H,18,19,22). The summed E-state index contributed by atoms with van der Waals surface area (Å²) in [7, 11) is 0. The average molecular weight is 381 g/mol. The number of nitrogens with one attached hydrogen (secondary N) is 1. The van der Waals surface area contributed by atoms with Gasteiger partial charge in [0.1, 0.15) is 23.8 Å². The SMILES string of the molecule is O=C(Cn1nc(C(F)F)cc1C(F)F)Nc1ccc(Br)cn1. The van der Waals surface area contributed by atoms with Crippen LogP contribution < -0.4 is 5.32 Å². The fraction of sp³-hybridized carbons (Fsp3) is 0.250. The Morgan fingerprint density at radius 1 is 1.27 bits per heavy atom. The van der Waals surface area contributed by atoms with Gasteiger partial charge in [0.15, 0.2) is 0 Å². The Morgan fingerprint density at radius 3 is 2.55 bits per heavy atom. The molecule has 0 bridgehead atoms. The Morgan fingerprint density at radius 2 is 2.00 bits per heavy atom. The highest BCUT2D eigenvalue weighted by molar-refractivity contribution is 9.10. The van der Waals surface area contributed by atoms with E-state index in [-0.39, 0.29) is 5.82 Å². The lowest BCUT2D eigenvalue weighted by Crippen LogP contribution is -2.21. The van der Waals surface area contributed by atoms with Crippen LogP contribution >= 0.6 is 15.9 Å². The van der Waals surface area contributed by atoms with Crippen molar-refractivity contribution in [3.8, 4) is 0 Å². The highest BCUT2D eigenvalue weighted by Gasteiger charge is 2.22. The molecule has 0 saturated heterocycles. The zero-order chi connectivity index (χ0) is 16.3. The summed E-state index contributed by atoms with van der Waals surface area (Å²) in [5.41, 5.74) is -1.54. The number of amides is 1. The second kappa shape index (κ2) is 6.86. The fourth-order valence-electron chi connectivity index (χ4n) is 1.63. The van der Waals surface area contributed by atoms with Crippen LogP contribution in [-0.4, -0.2) is 20.7 Å². The first-order chi connectivity index (χ1) is 10.4. The minimum absolute atomic E-state index is 0.202. The maximum Gasteiger partial charge on any atom is 0.282 e. The minimum Gasteiger partial charge on any atom is -0.309 e. The number of hydrogen-bond acceptors (Lipinski definition) is 3. The molecule has 0 spiro atoms. The van der Waals surface area contributed by atoms with Gasteiger partial charge >= 0.3 is 0 Å². The van der Waals surface area contributed by atoms with Crippen LogP contribution in [-0.2, 0) is 11.3 Å². The van der Waals surface area contributed by atoms with Crippen molar-refractivity contribution in [2.45, 2.75) is 19.4 Å². The van der Waals surface area contributed by atoms with E-state index >= 15 is 0 Å². The number of anilines is 1. The van der Waals surface area contributed by atoms with E-state index in [1.165, 1.54) is 12.3 Å². The predicted octanol–water partition coefficient (Wildman–Crippen LogP) is 3.55. The summed E-state index contributed by atoms with van der Waals surface area (Å²) in [6, 6.07) is 3.69. The van der Waals surface area contributed by atoms with Gasteiger partial charge in [-0.2, -0.15) is 5.10 Å². The Labute approximate surface area is 130 Å². The molecule has 0 aliphatic heterocycles. The molecule has 2 rings (SSSR count). The van der Waals surface area contributed by atoms with Gasteiger partial charge in [-0.3, -0.25) is 9.48 Å². The highest BCUT2D eigenvalue weighted by atomic mass is 79.9. The van der Waals surface area contributed by atoms with Crippen LogP contribution in [0.4, 0.5) is 23.4 Å². The van der Waals surface area contributed by atoms with Gasteiger partial charge in [-0.05, 0) is 34.1 Å². The summed E-state index contributed by atoms with van der Waals surface area (Å²) in [5.74, 6) is -0.506. The van der Waals surface area contributed by atoms with Crippen LogP contribution in [0.2, 0.25) is 0 Å². The largest absolute Gasteiger partial charge is 0.309 e. The lowest BCUT2D eigenvalue weighted by atomic mass is 10.3. The van der Waals surface area contributed by atoms with Crippen LogP contribution in [0.25, 0.3) is 0 Å². The second-order valence-corrected chi connectivity index (χ2v) is 5.08. The number of rotatable bonds is 5. The number of carbonyl (C=O) groups excluding carboxylic acids is 1. The van der Waals surface area contributed by atoms with E-state index in [1.54, 1.807) is 6.07 Å². The molecule has 2 aromatic heterocycles. The monoisotopic (exact) mass is 380 g/mol. The van der Waals surface area contributed by atoms with E-state index in [1.807, 2.05) is 0 Å². The Balaban J connectivity index is 2.12. The molecule has 118 valence electrons. The van der Waals surface area contributed by atoms with Gasteiger partial charge in [0.25, 0.3) is 12.9 Å². The lowest BCUT2D eigenvalue weighted by Gasteiger charge is -2.07. The lowest BCUT2D eigenvalue weighted by molar-refractivity contribution is -0.117. The third-order valence-electron chi connectivity index (χ3n) is 2.57. The molecule has 0 aliphatic carbocycles. The van der Waals surface area contributed by atoms with Crippen molar-refractivity contribution < 1.29 is 22.4 Å². The molecule has 0 atom stereocenters. The molecule has 1 amide bonds. The van der Waals surface area contributed by atoms with E-state index < -0.39 is 36.7 Å². The summed E-state index contributed by atoms with van der Waals surface area (Å²) >= 11 is 3.16. The molecular formula is C12H9BrF4N4O. The van der Waals surface area contributed by atoms with Crippen molar-refractivity contribution in [1.82, 2.24) is 14.8 Å². The molecule has 0 saturated carbocycles. The molecule has 22 heavy (non-hydrogen) atoms. The topological polar surface area (TPSA) is 59.8 Å². The van der Waals surface area contributed by atoms with E-state index in [0.29, 0.717) is 15.2 Å². The van der Waals surface area contributed by atoms with Crippen LogP contribution in [0.3, 0.4) is 0 Å². The van der Waals surface area contributed by atoms with Gasteiger partial charge in [0.2, 0.25) is 5.91 Å². The summed E-state index contributed by atoms with van der Waals surface area (Å²) in [4.78, 5) is 15.6. The Bertz CT molecular complexity index is 660. The molecule has 10 heteroatoms. The number of nitrogens with zero attached hydrogens (tertiary/aromatic N) is 3. The van der Waals surface area contributed by atoms with Crippen molar-refractivity contribution in [2.24, 2.45) is 0 Å². The third-order valence-corrected chi connectivity index (χ3v) is 3.03. The number of alkyl halides is 4. The van der Waals surface area contributed by atoms with E-state index in [9.17, 15) is 22.4 Å². The number of carbonyl (C=O) groups is 1. The van der Waals surface area contributed by atoms with E-state index in [2.05, 4.69) is 31.3 Å². The first kappa shape index (κ1) is 16.4. The van der Waals surface area contributed by atoms with Crippen molar-refractivity contribution in [2.75, 3.05) is 5.32 Å². The molecule has 2 aromatic rings. The van der Waals surface area contributed by atoms with Crippen molar-refractivity contribution in [1.29, 1.82) is 0 Å². The van der Waals surface area contributed by atoms with Crippen molar-refractivity contribution >= 4 is 27.7 Å². The van der Waals surface area contributed by atoms with Crippen LogP contribution in [0.1, 0.15) is 24.2 Å². The van der Waals surface area contributed by atoms with E-state index in [0.717, 1.165) is 0 Å². The zero-order valence-corrected chi connectivity index (χ0v) is 12.4. The molecule has 1 N–H and O–H groups in total. The summed E-state index contributed by atoms with van der Waals surface area (Å²) < 4.78 is 51.8. The third kappa shape index (κ3) is 4.03. The number of pyridine rings is 1. The maximum atomic E-state index is 12.8. The first-order valence-corrected chi connectivity index (χ1v) is 6.71. The number of aromatic nitrogens is 3. The van der Waals surface area contributed by atoms with Crippen LogP contribution in [0, 0.1) is 0 Å². The van der Waals surface area contributed by atoms with E-state index in [4.69, 9.17) is 0 Å². The normalized spacial score (nSPS) is 11.2. The van der Waals surface area contributed by atoms with Crippen molar-refractivity contribution in [3.63, 3.8) is 0 Å². The molecule has 0 fully saturated rings. The Hall–Kier alpha value is -1.97. The molecule has 0 radical (unpaired) electrons. The summed E-state index contributed by atoms with van der Waals surface area (Å²) in [6.45, 7) is -0.621. The fourth-order valence-corrected chi connectivity index (χ4v) is 1.86. The van der Waals surface area contributed by atoms with Gasteiger partial charge in [-0.1, -0.05) is 0 Å². The van der Waals surface area contributed by atoms with Gasteiger partial charge in [-0.25, -0.2) is 22.5 Å². The van der Waals surface area contributed by atoms with Crippen molar-refractivity contribution in [3.05, 3.63) is 40.3 Å². The van der Waals surface area contributed by atoms with Crippen LogP contribution in [0.15, 0.2) is 28.9 Å². The van der Waals surface area contributed by atoms with Gasteiger partial charge in [0.05, 0.1) is 0 Å². The molecule has 0 aliphatic rings. The van der Waals surface area contributed by atoms with Crippen LogP contribution in [0.5, 0.6) is 0 Å². The highest BCUT2D eigenvalue weighted by Crippen LogP contribution is 2.25. The number of hydrogen-bond donors (Lipinski definition) is 1. The molecule has 2 heterocycles. The zero-order valence-electron chi connectivity index (χ0n) is 10.8. The second-order valence-electron chi connectivity index (χ2n) is 4.16. The summed E-state index contributed by atoms with van der Waals surface area (Å²) in [6.07, 6.45) is -4.57. The maximum absolute atomic E-state index is 12.8. The van der Waals surface area contributed by atoms with Gasteiger partial charge in [0, 0.05) is 10.7 Å². The first-order valence-electron chi connectivity index (χ1n) is 5.92. The average Bonchev–Trinajstić information content (AvgIpc) is 2.85. The smallest absolute Gasteiger partial charge is 0.282 e.